The van der Waals surface area contributed by atoms with Crippen LogP contribution in [0.15, 0.2) is 36.4 Å². The van der Waals surface area contributed by atoms with Crippen LogP contribution in [0.4, 0.5) is 17.6 Å². The molecule has 0 aliphatic rings. The molecule has 0 fully saturated rings. The lowest BCUT2D eigenvalue weighted by Gasteiger charge is -2.15. The second-order valence-corrected chi connectivity index (χ2v) is 4.83. The first-order valence-corrected chi connectivity index (χ1v) is 6.79. The fraction of sp³-hybridized carbons (Fsp3) is 0.250. The number of hydrogen-bond acceptors (Lipinski definition) is 3. The smallest absolute Gasteiger partial charge is 0.488 e. The van der Waals surface area contributed by atoms with E-state index in [1.165, 1.54) is 18.2 Å². The van der Waals surface area contributed by atoms with Crippen molar-refractivity contribution in [1.29, 1.82) is 0 Å². The Morgan fingerprint density at radius 3 is 2.43 bits per heavy atom. The van der Waals surface area contributed by atoms with Crippen molar-refractivity contribution in [2.75, 3.05) is 13.2 Å². The van der Waals surface area contributed by atoms with E-state index in [4.69, 9.17) is 10.5 Å². The Labute approximate surface area is 130 Å². The molecule has 0 bridgehead atoms. The summed E-state index contributed by atoms with van der Waals surface area (Å²) in [4.78, 5) is 0. The lowest BCUT2D eigenvalue weighted by molar-refractivity contribution is -0.275. The maximum absolute atomic E-state index is 13.9. The molecule has 0 saturated carbocycles. The third kappa shape index (κ3) is 4.59. The number of ether oxygens (including phenoxy) is 2. The molecule has 0 aliphatic heterocycles. The zero-order chi connectivity index (χ0) is 17.0. The molecule has 0 saturated heterocycles. The summed E-state index contributed by atoms with van der Waals surface area (Å²) in [7, 11) is 0. The zero-order valence-electron chi connectivity index (χ0n) is 12.3. The highest BCUT2D eigenvalue weighted by Crippen LogP contribution is 2.37. The largest absolute Gasteiger partial charge is 0.573 e. The second kappa shape index (κ2) is 6.87. The van der Waals surface area contributed by atoms with E-state index in [1.54, 1.807) is 19.1 Å². The average Bonchev–Trinajstić information content (AvgIpc) is 2.47. The van der Waals surface area contributed by atoms with Crippen LogP contribution in [0.1, 0.15) is 5.56 Å². The van der Waals surface area contributed by atoms with Gasteiger partial charge < -0.3 is 15.2 Å². The third-order valence-corrected chi connectivity index (χ3v) is 2.98. The summed E-state index contributed by atoms with van der Waals surface area (Å²) in [5, 5.41) is 0. The van der Waals surface area contributed by atoms with Gasteiger partial charge in [-0.25, -0.2) is 4.39 Å². The number of alkyl halides is 3. The van der Waals surface area contributed by atoms with Crippen LogP contribution in [-0.2, 0) is 0 Å². The molecule has 0 atom stereocenters. The highest BCUT2D eigenvalue weighted by atomic mass is 19.4. The summed E-state index contributed by atoms with van der Waals surface area (Å²) < 4.78 is 60.7. The van der Waals surface area contributed by atoms with Crippen molar-refractivity contribution in [2.45, 2.75) is 13.3 Å². The predicted octanol–water partition coefficient (Wildman–Crippen LogP) is 4.04. The topological polar surface area (TPSA) is 44.5 Å². The van der Waals surface area contributed by atoms with E-state index in [-0.39, 0.29) is 30.0 Å². The lowest BCUT2D eigenvalue weighted by Crippen LogP contribution is -2.18. The third-order valence-electron chi connectivity index (χ3n) is 2.98. The lowest BCUT2D eigenvalue weighted by atomic mass is 10.0. The van der Waals surface area contributed by atoms with E-state index in [0.29, 0.717) is 0 Å². The van der Waals surface area contributed by atoms with Gasteiger partial charge in [0.25, 0.3) is 0 Å². The number of nitrogens with two attached hydrogens (primary N) is 1. The van der Waals surface area contributed by atoms with Crippen molar-refractivity contribution in [3.63, 3.8) is 0 Å². The minimum Gasteiger partial charge on any atom is -0.488 e. The maximum atomic E-state index is 13.9. The van der Waals surface area contributed by atoms with Crippen molar-refractivity contribution < 1.29 is 27.0 Å². The van der Waals surface area contributed by atoms with Gasteiger partial charge in [0.2, 0.25) is 0 Å². The normalized spacial score (nSPS) is 11.4. The van der Waals surface area contributed by atoms with E-state index in [1.807, 2.05) is 0 Å². The van der Waals surface area contributed by atoms with Crippen LogP contribution in [0, 0.1) is 12.7 Å². The molecule has 3 nitrogen and oxygen atoms in total. The highest BCUT2D eigenvalue weighted by Gasteiger charge is 2.32. The summed E-state index contributed by atoms with van der Waals surface area (Å²) in [6.45, 7) is 1.93. The van der Waals surface area contributed by atoms with Gasteiger partial charge >= 0.3 is 6.36 Å². The summed E-state index contributed by atoms with van der Waals surface area (Å²) >= 11 is 0. The maximum Gasteiger partial charge on any atom is 0.573 e. The van der Waals surface area contributed by atoms with E-state index in [0.717, 1.165) is 11.6 Å². The van der Waals surface area contributed by atoms with E-state index < -0.39 is 17.9 Å². The van der Waals surface area contributed by atoms with Gasteiger partial charge in [-0.05, 0) is 36.8 Å². The summed E-state index contributed by atoms with van der Waals surface area (Å²) in [6, 6.07) is 8.24. The van der Waals surface area contributed by atoms with Gasteiger partial charge in [-0.15, -0.1) is 13.2 Å². The van der Waals surface area contributed by atoms with Crippen molar-refractivity contribution in [3.05, 3.63) is 47.8 Å². The van der Waals surface area contributed by atoms with Crippen molar-refractivity contribution >= 4 is 0 Å². The van der Waals surface area contributed by atoms with E-state index in [9.17, 15) is 17.6 Å². The molecule has 2 aromatic carbocycles. The van der Waals surface area contributed by atoms with Gasteiger partial charge in [-0.2, -0.15) is 0 Å². The molecule has 0 aromatic heterocycles. The predicted molar refractivity (Wildman–Crippen MR) is 77.8 cm³/mol. The minimum atomic E-state index is -4.88. The Morgan fingerprint density at radius 1 is 1.04 bits per heavy atom. The molecule has 124 valence electrons. The Morgan fingerprint density at radius 2 is 1.78 bits per heavy atom. The van der Waals surface area contributed by atoms with Crippen LogP contribution in [0.25, 0.3) is 11.1 Å². The number of rotatable bonds is 5. The van der Waals surface area contributed by atoms with Crippen LogP contribution in [0.3, 0.4) is 0 Å². The number of hydrogen-bond donors (Lipinski definition) is 1. The van der Waals surface area contributed by atoms with E-state index >= 15 is 0 Å². The van der Waals surface area contributed by atoms with E-state index in [2.05, 4.69) is 4.74 Å². The molecule has 0 spiro atoms. The van der Waals surface area contributed by atoms with Crippen LogP contribution >= 0.6 is 0 Å². The molecular weight excluding hydrogens is 314 g/mol. The van der Waals surface area contributed by atoms with Gasteiger partial charge in [0, 0.05) is 12.1 Å². The molecular formula is C16H15F4NO2. The van der Waals surface area contributed by atoms with Crippen molar-refractivity contribution in [3.8, 4) is 22.6 Å². The van der Waals surface area contributed by atoms with Crippen molar-refractivity contribution in [2.24, 2.45) is 5.73 Å². The van der Waals surface area contributed by atoms with Crippen molar-refractivity contribution in [1.82, 2.24) is 0 Å². The molecule has 0 amide bonds. The molecule has 2 N–H and O–H groups in total. The quantitative estimate of drug-likeness (QED) is 0.842. The molecule has 0 heterocycles. The van der Waals surface area contributed by atoms with Gasteiger partial charge in [0.15, 0.2) is 11.5 Å². The van der Waals surface area contributed by atoms with Gasteiger partial charge in [-0.3, -0.25) is 0 Å². The molecule has 0 aliphatic carbocycles. The monoisotopic (exact) mass is 329 g/mol. The van der Waals surface area contributed by atoms with Crippen LogP contribution in [0.5, 0.6) is 11.5 Å². The average molecular weight is 329 g/mol. The first-order chi connectivity index (χ1) is 10.8. The summed E-state index contributed by atoms with van der Waals surface area (Å²) in [5.41, 5.74) is 6.49. The highest BCUT2D eigenvalue weighted by molar-refractivity contribution is 5.68. The Balaban J connectivity index is 2.46. The molecule has 23 heavy (non-hydrogen) atoms. The molecule has 0 radical (unpaired) electrons. The SMILES string of the molecule is Cc1ccc(F)c(-c2ccc(OCCN)c(OC(F)(F)F)c2)c1. The fourth-order valence-corrected chi connectivity index (χ4v) is 2.03. The Hall–Kier alpha value is -2.28. The van der Waals surface area contributed by atoms with Crippen LogP contribution in [0.2, 0.25) is 0 Å². The standard InChI is InChI=1S/C16H15F4NO2/c1-10-2-4-13(17)12(8-10)11-3-5-14(22-7-6-21)15(9-11)23-16(18,19)20/h2-5,8-9H,6-7,21H2,1H3. The molecule has 0 unspecified atom stereocenters. The number of aryl methyl sites for hydroxylation is 1. The fourth-order valence-electron chi connectivity index (χ4n) is 2.03. The summed E-state index contributed by atoms with van der Waals surface area (Å²) in [5.74, 6) is -1.18. The molecule has 2 aromatic rings. The van der Waals surface area contributed by atoms with Gasteiger partial charge in [0.1, 0.15) is 12.4 Å². The van der Waals surface area contributed by atoms with Gasteiger partial charge in [-0.1, -0.05) is 17.7 Å². The van der Waals surface area contributed by atoms with Crippen LogP contribution in [-0.4, -0.2) is 19.5 Å². The first kappa shape index (κ1) is 17.1. The first-order valence-electron chi connectivity index (χ1n) is 6.79. The zero-order valence-corrected chi connectivity index (χ0v) is 12.3. The minimum absolute atomic E-state index is 0.0341. The summed E-state index contributed by atoms with van der Waals surface area (Å²) in [6.07, 6.45) is -4.88. The van der Waals surface area contributed by atoms with Gasteiger partial charge in [0.05, 0.1) is 0 Å². The Bertz CT molecular complexity index is 686. The number of halogens is 4. The second-order valence-electron chi connectivity index (χ2n) is 4.83. The number of benzene rings is 2. The van der Waals surface area contributed by atoms with Crippen LogP contribution < -0.4 is 15.2 Å². The molecule has 7 heteroatoms. The molecule has 2 rings (SSSR count). The Kier molecular flexibility index (Phi) is 5.10.